The van der Waals surface area contributed by atoms with Crippen LogP contribution >= 0.6 is 0 Å². The van der Waals surface area contributed by atoms with E-state index in [1.165, 1.54) is 22.5 Å². The van der Waals surface area contributed by atoms with Crippen LogP contribution in [0.3, 0.4) is 0 Å². The lowest BCUT2D eigenvalue weighted by molar-refractivity contribution is -0.109. The average molecular weight is 591 g/mol. The van der Waals surface area contributed by atoms with Crippen molar-refractivity contribution in [1.82, 2.24) is 4.98 Å². The molecule has 1 aromatic heterocycles. The van der Waals surface area contributed by atoms with Crippen LogP contribution in [0.2, 0.25) is 0 Å². The predicted octanol–water partition coefficient (Wildman–Crippen LogP) is 6.96. The van der Waals surface area contributed by atoms with Crippen LogP contribution in [0.1, 0.15) is 104 Å². The first-order valence-corrected chi connectivity index (χ1v) is 16.2. The van der Waals surface area contributed by atoms with Crippen LogP contribution in [0.25, 0.3) is 27.6 Å². The molecule has 6 nitrogen and oxygen atoms in total. The number of aromatic nitrogens is 1. The third-order valence-electron chi connectivity index (χ3n) is 11.6. The summed E-state index contributed by atoms with van der Waals surface area (Å²) in [6.07, 6.45) is 3.93. The molecule has 4 heterocycles. The largest absolute Gasteiger partial charge is 0.506 e. The number of fused-ring (bicyclic) bond motifs is 6. The van der Waals surface area contributed by atoms with Crippen molar-refractivity contribution in [2.75, 3.05) is 9.80 Å². The Bertz CT molecular complexity index is 2020. The summed E-state index contributed by atoms with van der Waals surface area (Å²) in [4.78, 5) is 27.7. The topological polar surface area (TPSA) is 71.9 Å². The van der Waals surface area contributed by atoms with Gasteiger partial charge >= 0.3 is 0 Å². The zero-order valence-corrected chi connectivity index (χ0v) is 28.3. The molecule has 0 radical (unpaired) electrons. The van der Waals surface area contributed by atoms with Gasteiger partial charge in [-0.05, 0) is 89.8 Å². The van der Waals surface area contributed by atoms with Crippen LogP contribution < -0.4 is 20.4 Å². The number of Topliss-reactive ketones (excluding diaryl/α,β-unsaturated/α-hetero) is 1. The van der Waals surface area contributed by atoms with Gasteiger partial charge in [0.15, 0.2) is 0 Å². The lowest BCUT2D eigenvalue weighted by Crippen LogP contribution is -2.43. The van der Waals surface area contributed by atoms with Crippen LogP contribution in [0.5, 0.6) is 0 Å². The zero-order valence-electron chi connectivity index (χ0n) is 28.3. The van der Waals surface area contributed by atoms with Crippen molar-refractivity contribution in [3.63, 3.8) is 0 Å². The standard InChI is InChI=1S/C38H46N4O2/c1-17(2)41-21(7)37(9,10)25-13-23(31-27(33(25)41)19(5)15-39-31)29-35(43)30(36(29)44)24-14-26-34(28-20(6)16-40-32(24)28)42(18(3)4)22(8)38(26,11)12/h13-18,21-22,39,43H,1-12H3/b30-24-. The van der Waals surface area contributed by atoms with Gasteiger partial charge in [-0.2, -0.15) is 0 Å². The van der Waals surface area contributed by atoms with Crippen LogP contribution in [-0.2, 0) is 15.6 Å². The normalized spacial score (nSPS) is 24.3. The molecule has 4 aliphatic rings. The molecule has 6 heteroatoms. The Balaban J connectivity index is 1.52. The summed E-state index contributed by atoms with van der Waals surface area (Å²) in [5, 5.41) is 14.6. The van der Waals surface area contributed by atoms with Gasteiger partial charge in [-0.3, -0.25) is 9.79 Å². The average Bonchev–Trinajstić information content (AvgIpc) is 3.62. The smallest absolute Gasteiger partial charge is 0.201 e. The number of aromatic amines is 1. The number of hydrogen-bond donors (Lipinski definition) is 2. The van der Waals surface area contributed by atoms with Gasteiger partial charge in [-0.25, -0.2) is 0 Å². The Morgan fingerprint density at radius 1 is 0.886 bits per heavy atom. The molecule has 44 heavy (non-hydrogen) atoms. The number of nitrogens with zero attached hydrogens (tertiary/aromatic N) is 3. The molecule has 3 aromatic rings. The number of aliphatic hydroxyl groups is 1. The highest BCUT2D eigenvalue weighted by molar-refractivity contribution is 6.52. The van der Waals surface area contributed by atoms with E-state index >= 15 is 0 Å². The third-order valence-corrected chi connectivity index (χ3v) is 11.6. The monoisotopic (exact) mass is 590 g/mol. The maximum Gasteiger partial charge on any atom is 0.201 e. The number of hydrogen-bond acceptors (Lipinski definition) is 5. The molecule has 0 saturated heterocycles. The molecule has 0 saturated carbocycles. The van der Waals surface area contributed by atoms with E-state index in [9.17, 15) is 9.90 Å². The van der Waals surface area contributed by atoms with Gasteiger partial charge in [0, 0.05) is 69.1 Å². The van der Waals surface area contributed by atoms with Gasteiger partial charge < -0.3 is 19.9 Å². The molecule has 1 aliphatic carbocycles. The van der Waals surface area contributed by atoms with Crippen molar-refractivity contribution in [2.45, 2.75) is 118 Å². The van der Waals surface area contributed by atoms with Gasteiger partial charge in [0.1, 0.15) is 5.76 Å². The first-order valence-electron chi connectivity index (χ1n) is 16.2. The fourth-order valence-corrected chi connectivity index (χ4v) is 8.61. The second-order valence-electron chi connectivity index (χ2n) is 15.3. The minimum atomic E-state index is -0.139. The molecular formula is C38H46N4O2. The van der Waals surface area contributed by atoms with Gasteiger partial charge in [-0.1, -0.05) is 27.7 Å². The molecule has 2 aromatic carbocycles. The van der Waals surface area contributed by atoms with Crippen molar-refractivity contribution in [2.24, 2.45) is 4.99 Å². The van der Waals surface area contributed by atoms with Crippen molar-refractivity contribution in [1.29, 1.82) is 0 Å². The van der Waals surface area contributed by atoms with Gasteiger partial charge in [0.25, 0.3) is 0 Å². The number of ketones is 1. The number of anilines is 2. The SMILES string of the molecule is CC1=CN=c2c1c1c(c/c2=C2/C(=O)C(c3cc4c(c5c(C)c[nH]c35)N(C(C)C)C(C)C4(C)C)=C2O)C(C)(C)C(C)N1C(C)C. The Labute approximate surface area is 260 Å². The molecule has 0 bridgehead atoms. The van der Waals surface area contributed by atoms with E-state index in [0.717, 1.165) is 43.7 Å². The molecule has 0 fully saturated rings. The lowest BCUT2D eigenvalue weighted by Gasteiger charge is -2.34. The highest BCUT2D eigenvalue weighted by Gasteiger charge is 2.48. The third kappa shape index (κ3) is 3.32. The van der Waals surface area contributed by atoms with Crippen LogP contribution in [0.4, 0.5) is 11.4 Å². The van der Waals surface area contributed by atoms with Crippen LogP contribution in [0.15, 0.2) is 35.3 Å². The number of rotatable bonds is 3. The molecule has 7 rings (SSSR count). The molecule has 0 amide bonds. The molecule has 0 spiro atoms. The maximum atomic E-state index is 14.4. The number of H-pyrrole nitrogens is 1. The number of aryl methyl sites for hydroxylation is 1. The highest BCUT2D eigenvalue weighted by Crippen LogP contribution is 2.53. The van der Waals surface area contributed by atoms with E-state index in [0.29, 0.717) is 23.2 Å². The number of aliphatic hydroxyl groups excluding tert-OH is 1. The summed E-state index contributed by atoms with van der Waals surface area (Å²) in [6.45, 7) is 26.9. The molecule has 2 atom stereocenters. The van der Waals surface area contributed by atoms with Gasteiger partial charge in [0.05, 0.1) is 33.4 Å². The van der Waals surface area contributed by atoms with E-state index in [1.807, 2.05) is 12.4 Å². The number of benzene rings is 2. The zero-order chi connectivity index (χ0) is 31.9. The minimum Gasteiger partial charge on any atom is -0.506 e. The second kappa shape index (κ2) is 8.89. The van der Waals surface area contributed by atoms with Crippen LogP contribution in [-0.4, -0.2) is 40.0 Å². The Kier molecular flexibility index (Phi) is 5.85. The van der Waals surface area contributed by atoms with Gasteiger partial charge in [0.2, 0.25) is 5.78 Å². The second-order valence-corrected chi connectivity index (χ2v) is 15.3. The summed E-state index contributed by atoms with van der Waals surface area (Å²) in [5.74, 6) is -0.0495. The van der Waals surface area contributed by atoms with Crippen LogP contribution in [0, 0.1) is 6.92 Å². The lowest BCUT2D eigenvalue weighted by atomic mass is 9.76. The summed E-state index contributed by atoms with van der Waals surface area (Å²) in [6, 6.07) is 5.52. The molecular weight excluding hydrogens is 544 g/mol. The number of allylic oxidation sites excluding steroid dienone is 3. The molecule has 3 aliphatic heterocycles. The van der Waals surface area contributed by atoms with E-state index in [4.69, 9.17) is 4.99 Å². The Hall–Kier alpha value is -3.80. The predicted molar refractivity (Wildman–Crippen MR) is 182 cm³/mol. The minimum absolute atomic E-state index is 0.0690. The van der Waals surface area contributed by atoms with E-state index in [2.05, 4.69) is 110 Å². The fourth-order valence-electron chi connectivity index (χ4n) is 8.61. The summed E-state index contributed by atoms with van der Waals surface area (Å²) in [7, 11) is 0. The van der Waals surface area contributed by atoms with Crippen molar-refractivity contribution in [3.8, 4) is 0 Å². The summed E-state index contributed by atoms with van der Waals surface area (Å²) in [5.41, 5.74) is 10.4. The highest BCUT2D eigenvalue weighted by atomic mass is 16.3. The quantitative estimate of drug-likeness (QED) is 0.346. The molecule has 2 unspecified atom stereocenters. The van der Waals surface area contributed by atoms with E-state index in [-0.39, 0.29) is 34.5 Å². The number of carbonyl (C=O) groups is 1. The number of carbonyl (C=O) groups excluding carboxylic acids is 1. The first kappa shape index (κ1) is 28.9. The van der Waals surface area contributed by atoms with Crippen molar-refractivity contribution >= 4 is 44.8 Å². The van der Waals surface area contributed by atoms with Gasteiger partial charge in [-0.15, -0.1) is 0 Å². The van der Waals surface area contributed by atoms with Crippen molar-refractivity contribution < 1.29 is 9.90 Å². The van der Waals surface area contributed by atoms with Crippen molar-refractivity contribution in [3.05, 3.63) is 68.7 Å². The fraction of sp³-hybridized carbons (Fsp3) is 0.474. The Morgan fingerprint density at radius 3 is 2.02 bits per heavy atom. The molecule has 230 valence electrons. The summed E-state index contributed by atoms with van der Waals surface area (Å²) < 4.78 is 0. The van der Waals surface area contributed by atoms with E-state index in [1.54, 1.807) is 0 Å². The Morgan fingerprint density at radius 2 is 1.45 bits per heavy atom. The first-order chi connectivity index (χ1) is 20.5. The number of nitrogens with one attached hydrogen (secondary N) is 1. The summed E-state index contributed by atoms with van der Waals surface area (Å²) >= 11 is 0. The maximum absolute atomic E-state index is 14.4. The van der Waals surface area contributed by atoms with E-state index < -0.39 is 0 Å². The molecule has 2 N–H and O–H groups in total.